The number of carbonyl (C=O) groups excluding carboxylic acids is 1. The number of carbonyl (C=O) groups is 2. The van der Waals surface area contributed by atoms with Crippen LogP contribution in [0.15, 0.2) is 41.4 Å². The van der Waals surface area contributed by atoms with E-state index in [2.05, 4.69) is 9.73 Å². The van der Waals surface area contributed by atoms with Gasteiger partial charge in [0.25, 0.3) is 5.91 Å². The van der Waals surface area contributed by atoms with E-state index in [1.165, 1.54) is 37.0 Å². The number of benzene rings is 2. The highest BCUT2D eigenvalue weighted by Crippen LogP contribution is 2.30. The van der Waals surface area contributed by atoms with Gasteiger partial charge in [-0.25, -0.2) is 4.79 Å². The molecule has 0 fully saturated rings. The van der Waals surface area contributed by atoms with Gasteiger partial charge in [-0.2, -0.15) is 4.99 Å². The Balaban J connectivity index is 2.20. The van der Waals surface area contributed by atoms with Crippen LogP contribution in [0.4, 0.5) is 13.2 Å². The fraction of sp³-hybridized carbons (Fsp3) is 0.286. The Kier molecular flexibility index (Phi) is 6.96. The first-order valence-electron chi connectivity index (χ1n) is 9.52. The molecule has 1 amide bonds. The molecule has 1 unspecified atom stereocenters. The van der Waals surface area contributed by atoms with Crippen molar-refractivity contribution in [3.63, 3.8) is 0 Å². The predicted molar refractivity (Wildman–Crippen MR) is 113 cm³/mol. The van der Waals surface area contributed by atoms with Crippen molar-refractivity contribution in [2.45, 2.75) is 25.7 Å². The minimum absolute atomic E-state index is 0.00944. The molecule has 1 atom stereocenters. The van der Waals surface area contributed by atoms with E-state index in [9.17, 15) is 27.9 Å². The molecule has 1 heterocycles. The van der Waals surface area contributed by atoms with Gasteiger partial charge in [0.2, 0.25) is 0 Å². The summed E-state index contributed by atoms with van der Waals surface area (Å²) in [5, 5.41) is 9.67. The van der Waals surface area contributed by atoms with Crippen LogP contribution in [-0.4, -0.2) is 42.1 Å². The summed E-state index contributed by atoms with van der Waals surface area (Å²) in [5.74, 6) is -1.66. The summed E-state index contributed by atoms with van der Waals surface area (Å²) in [4.78, 5) is 28.8. The summed E-state index contributed by atoms with van der Waals surface area (Å²) in [6.07, 6.45) is -4.74. The van der Waals surface area contributed by atoms with Crippen molar-refractivity contribution in [3.8, 4) is 17.2 Å². The maximum Gasteiger partial charge on any atom is 0.573 e. The first-order valence-corrected chi connectivity index (χ1v) is 10.3. The minimum Gasteiger partial charge on any atom is -0.497 e. The van der Waals surface area contributed by atoms with Crippen LogP contribution >= 0.6 is 11.3 Å². The Labute approximate surface area is 189 Å². The normalized spacial score (nSPS) is 13.1. The van der Waals surface area contributed by atoms with E-state index in [-0.39, 0.29) is 21.5 Å². The number of rotatable bonds is 7. The number of aliphatic carboxylic acids is 1. The second-order valence-electron chi connectivity index (χ2n) is 6.71. The first kappa shape index (κ1) is 24.1. The average Bonchev–Trinajstić information content (AvgIpc) is 3.09. The molecule has 3 rings (SSSR count). The number of carboxylic acids is 1. The average molecular weight is 484 g/mol. The van der Waals surface area contributed by atoms with Crippen LogP contribution < -0.4 is 19.0 Å². The number of ether oxygens (including phenoxy) is 3. The molecule has 0 spiro atoms. The zero-order valence-corrected chi connectivity index (χ0v) is 18.5. The first-order chi connectivity index (χ1) is 15.6. The van der Waals surface area contributed by atoms with Gasteiger partial charge in [-0.15, -0.1) is 13.2 Å². The van der Waals surface area contributed by atoms with Gasteiger partial charge in [0.05, 0.1) is 24.4 Å². The van der Waals surface area contributed by atoms with Crippen LogP contribution in [-0.2, 0) is 4.79 Å². The van der Waals surface area contributed by atoms with Crippen LogP contribution in [0.1, 0.15) is 29.7 Å². The fourth-order valence-corrected chi connectivity index (χ4v) is 4.25. The van der Waals surface area contributed by atoms with Gasteiger partial charge in [-0.1, -0.05) is 18.3 Å². The molecule has 1 aromatic heterocycles. The van der Waals surface area contributed by atoms with Gasteiger partial charge < -0.3 is 23.9 Å². The number of halogens is 3. The lowest BCUT2D eigenvalue weighted by molar-refractivity contribution is -0.274. The molecule has 8 nitrogen and oxygen atoms in total. The molecule has 0 aliphatic carbocycles. The van der Waals surface area contributed by atoms with Crippen molar-refractivity contribution in [2.24, 2.45) is 4.99 Å². The second-order valence-corrected chi connectivity index (χ2v) is 7.72. The molecule has 0 aliphatic heterocycles. The summed E-state index contributed by atoms with van der Waals surface area (Å²) in [5.41, 5.74) is 0.429. The molecule has 12 heteroatoms. The van der Waals surface area contributed by atoms with Crippen LogP contribution in [0.25, 0.3) is 10.2 Å². The number of alkyl halides is 3. The Bertz CT molecular complexity index is 1240. The monoisotopic (exact) mass is 484 g/mol. The third-order valence-corrected chi connectivity index (χ3v) is 5.63. The standard InChI is InChI=1S/C21H19F3N2O6S/c1-4-15(19(28)29)26-16-6-5-12(32-21(22,23)24)10-17(16)33-20(26)25-18(27)11-7-13(30-2)9-14(8-11)31-3/h5-10,15H,4H2,1-3H3,(H,28,29). The number of amides is 1. The zero-order valence-electron chi connectivity index (χ0n) is 17.7. The number of nitrogens with zero attached hydrogens (tertiary/aromatic N) is 2. The van der Waals surface area contributed by atoms with Crippen LogP contribution in [0.3, 0.4) is 0 Å². The smallest absolute Gasteiger partial charge is 0.497 e. The summed E-state index contributed by atoms with van der Waals surface area (Å²) < 4.78 is 53.7. The van der Waals surface area contributed by atoms with E-state index in [0.29, 0.717) is 17.0 Å². The van der Waals surface area contributed by atoms with Crippen molar-refractivity contribution < 1.29 is 42.1 Å². The summed E-state index contributed by atoms with van der Waals surface area (Å²) in [7, 11) is 2.83. The van der Waals surface area contributed by atoms with Crippen LogP contribution in [0.2, 0.25) is 0 Å². The molecule has 2 aromatic carbocycles. The number of hydrogen-bond acceptors (Lipinski definition) is 6. The maximum atomic E-state index is 12.9. The SMILES string of the molecule is CCC(C(=O)O)n1c(=NC(=O)c2cc(OC)cc(OC)c2)sc2cc(OC(F)(F)F)ccc21. The van der Waals surface area contributed by atoms with Gasteiger partial charge in [0.15, 0.2) is 4.80 Å². The lowest BCUT2D eigenvalue weighted by Gasteiger charge is -2.14. The minimum atomic E-state index is -4.89. The second kappa shape index (κ2) is 9.53. The summed E-state index contributed by atoms with van der Waals surface area (Å²) in [6, 6.07) is 6.85. The molecule has 0 saturated heterocycles. The van der Waals surface area contributed by atoms with E-state index in [4.69, 9.17) is 9.47 Å². The Morgan fingerprint density at radius 3 is 2.24 bits per heavy atom. The lowest BCUT2D eigenvalue weighted by atomic mass is 10.2. The van der Waals surface area contributed by atoms with Gasteiger partial charge >= 0.3 is 12.3 Å². The topological polar surface area (TPSA) is 99.4 Å². The number of hydrogen-bond donors (Lipinski definition) is 1. The number of aromatic nitrogens is 1. The number of fused-ring (bicyclic) bond motifs is 1. The molecule has 0 saturated carbocycles. The molecule has 176 valence electrons. The van der Waals surface area contributed by atoms with Crippen LogP contribution in [0, 0.1) is 0 Å². The van der Waals surface area contributed by atoms with E-state index in [0.717, 1.165) is 23.5 Å². The highest BCUT2D eigenvalue weighted by Gasteiger charge is 2.31. The molecular weight excluding hydrogens is 465 g/mol. The highest BCUT2D eigenvalue weighted by molar-refractivity contribution is 7.16. The number of thiazole rings is 1. The van der Waals surface area contributed by atoms with Gasteiger partial charge in [-0.05, 0) is 36.8 Å². The molecule has 3 aromatic rings. The van der Waals surface area contributed by atoms with Crippen molar-refractivity contribution >= 4 is 33.4 Å². The van der Waals surface area contributed by atoms with Gasteiger partial charge in [-0.3, -0.25) is 4.79 Å². The highest BCUT2D eigenvalue weighted by atomic mass is 32.1. The quantitative estimate of drug-likeness (QED) is 0.534. The van der Waals surface area contributed by atoms with Crippen molar-refractivity contribution in [2.75, 3.05) is 14.2 Å². The van der Waals surface area contributed by atoms with E-state index < -0.39 is 30.0 Å². The van der Waals surface area contributed by atoms with Gasteiger partial charge in [0, 0.05) is 11.6 Å². The third-order valence-electron chi connectivity index (χ3n) is 4.61. The molecule has 0 aliphatic rings. The zero-order chi connectivity index (χ0) is 24.3. The van der Waals surface area contributed by atoms with E-state index in [1.54, 1.807) is 13.0 Å². The fourth-order valence-electron chi connectivity index (χ4n) is 3.15. The number of methoxy groups -OCH3 is 2. The Hall–Kier alpha value is -3.54. The van der Waals surface area contributed by atoms with Crippen molar-refractivity contribution in [1.29, 1.82) is 0 Å². The molecular formula is C21H19F3N2O6S. The molecule has 33 heavy (non-hydrogen) atoms. The third kappa shape index (κ3) is 5.45. The molecule has 1 N–H and O–H groups in total. The largest absolute Gasteiger partial charge is 0.573 e. The van der Waals surface area contributed by atoms with Gasteiger partial charge in [0.1, 0.15) is 23.3 Å². The number of carboxylic acid groups (broad SMARTS) is 1. The van der Waals surface area contributed by atoms with Crippen molar-refractivity contribution in [1.82, 2.24) is 4.57 Å². The molecule has 0 bridgehead atoms. The lowest BCUT2D eigenvalue weighted by Crippen LogP contribution is -2.27. The van der Waals surface area contributed by atoms with E-state index >= 15 is 0 Å². The Morgan fingerprint density at radius 1 is 1.09 bits per heavy atom. The maximum absolute atomic E-state index is 12.9. The van der Waals surface area contributed by atoms with Crippen LogP contribution in [0.5, 0.6) is 17.2 Å². The molecule has 0 radical (unpaired) electrons. The van der Waals surface area contributed by atoms with Crippen molar-refractivity contribution in [3.05, 3.63) is 46.8 Å². The summed E-state index contributed by atoms with van der Waals surface area (Å²) >= 11 is 0.870. The summed E-state index contributed by atoms with van der Waals surface area (Å²) in [6.45, 7) is 1.63. The Morgan fingerprint density at radius 2 is 1.73 bits per heavy atom. The van der Waals surface area contributed by atoms with E-state index in [1.807, 2.05) is 0 Å². The predicted octanol–water partition coefficient (Wildman–Crippen LogP) is 4.40.